The lowest BCUT2D eigenvalue weighted by molar-refractivity contribution is -0.132. The van der Waals surface area contributed by atoms with Gasteiger partial charge in [-0.1, -0.05) is 42.9 Å². The molecular formula is C29H30N2O7S. The van der Waals surface area contributed by atoms with E-state index in [1.165, 1.54) is 12.0 Å². The molecule has 39 heavy (non-hydrogen) atoms. The lowest BCUT2D eigenvalue weighted by Crippen LogP contribution is -2.29. The number of aliphatic hydroxyl groups is 1. The summed E-state index contributed by atoms with van der Waals surface area (Å²) in [6, 6.07) is 12.6. The minimum atomic E-state index is -1.05. The highest BCUT2D eigenvalue weighted by Crippen LogP contribution is 2.46. The Kier molecular flexibility index (Phi) is 8.65. The SMILES string of the molecule is CCCCOc1ccc(/C(O)=C2\C(=O)C(=O)N(c3nc(C)c(C(=O)OCC)s3)C2c2ccccc2OC)cc1. The highest BCUT2D eigenvalue weighted by Gasteiger charge is 2.49. The van der Waals surface area contributed by atoms with E-state index in [4.69, 9.17) is 14.2 Å². The van der Waals surface area contributed by atoms with Gasteiger partial charge in [0.2, 0.25) is 0 Å². The number of ether oxygens (including phenoxy) is 3. The summed E-state index contributed by atoms with van der Waals surface area (Å²) in [5.41, 5.74) is 1.08. The first kappa shape index (κ1) is 27.8. The monoisotopic (exact) mass is 550 g/mol. The van der Waals surface area contributed by atoms with Crippen LogP contribution in [-0.2, 0) is 14.3 Å². The Balaban J connectivity index is 1.84. The molecule has 2 aromatic carbocycles. The van der Waals surface area contributed by atoms with Gasteiger partial charge in [0.1, 0.15) is 28.2 Å². The maximum Gasteiger partial charge on any atom is 0.350 e. The number of hydrogen-bond acceptors (Lipinski definition) is 9. The summed E-state index contributed by atoms with van der Waals surface area (Å²) >= 11 is 0.949. The van der Waals surface area contributed by atoms with Gasteiger partial charge in [0, 0.05) is 11.1 Å². The van der Waals surface area contributed by atoms with Crippen LogP contribution in [0.25, 0.3) is 5.76 Å². The number of ketones is 1. The summed E-state index contributed by atoms with van der Waals surface area (Å²) in [4.78, 5) is 45.3. The van der Waals surface area contributed by atoms with Crippen molar-refractivity contribution in [2.24, 2.45) is 0 Å². The molecule has 204 valence electrons. The van der Waals surface area contributed by atoms with Crippen molar-refractivity contribution in [3.05, 3.63) is 75.8 Å². The van der Waals surface area contributed by atoms with E-state index in [0.29, 0.717) is 34.9 Å². The third kappa shape index (κ3) is 5.51. The van der Waals surface area contributed by atoms with Gasteiger partial charge in [0.05, 0.1) is 31.6 Å². The van der Waals surface area contributed by atoms with Crippen molar-refractivity contribution < 1.29 is 33.7 Å². The van der Waals surface area contributed by atoms with E-state index in [1.54, 1.807) is 62.4 Å². The van der Waals surface area contributed by atoms with Crippen molar-refractivity contribution in [3.8, 4) is 11.5 Å². The van der Waals surface area contributed by atoms with Crippen LogP contribution < -0.4 is 14.4 Å². The fourth-order valence-corrected chi connectivity index (χ4v) is 5.27. The molecule has 2 heterocycles. The minimum Gasteiger partial charge on any atom is -0.507 e. The Bertz CT molecular complexity index is 1410. The Morgan fingerprint density at radius 2 is 1.82 bits per heavy atom. The molecule has 1 aliphatic rings. The summed E-state index contributed by atoms with van der Waals surface area (Å²) in [5, 5.41) is 11.5. The van der Waals surface area contributed by atoms with Crippen LogP contribution in [0.2, 0.25) is 0 Å². The normalized spacial score (nSPS) is 16.4. The summed E-state index contributed by atoms with van der Waals surface area (Å²) in [7, 11) is 1.48. The summed E-state index contributed by atoms with van der Waals surface area (Å²) < 4.78 is 16.4. The minimum absolute atomic E-state index is 0.116. The Labute approximate surface area is 230 Å². The van der Waals surface area contributed by atoms with Crippen molar-refractivity contribution >= 4 is 39.9 Å². The first-order chi connectivity index (χ1) is 18.8. The molecule has 0 aliphatic carbocycles. The van der Waals surface area contributed by atoms with Gasteiger partial charge in [-0.3, -0.25) is 14.5 Å². The Morgan fingerprint density at radius 3 is 2.49 bits per heavy atom. The smallest absolute Gasteiger partial charge is 0.350 e. The second-order valence-corrected chi connectivity index (χ2v) is 9.75. The fourth-order valence-electron chi connectivity index (χ4n) is 4.29. The number of benzene rings is 2. The number of rotatable bonds is 10. The molecule has 1 aliphatic heterocycles. The van der Waals surface area contributed by atoms with Gasteiger partial charge in [0.15, 0.2) is 5.13 Å². The van der Waals surface area contributed by atoms with Crippen LogP contribution in [0.1, 0.15) is 59.2 Å². The van der Waals surface area contributed by atoms with Crippen LogP contribution in [0.5, 0.6) is 11.5 Å². The van der Waals surface area contributed by atoms with Crippen molar-refractivity contribution in [2.75, 3.05) is 25.2 Å². The molecule has 0 bridgehead atoms. The summed E-state index contributed by atoms with van der Waals surface area (Å²) in [6.07, 6.45) is 1.92. The maximum atomic E-state index is 13.5. The van der Waals surface area contributed by atoms with Gasteiger partial charge in [0.25, 0.3) is 5.78 Å². The molecule has 1 atom stereocenters. The maximum absolute atomic E-state index is 13.5. The van der Waals surface area contributed by atoms with Gasteiger partial charge in [-0.2, -0.15) is 0 Å². The van der Waals surface area contributed by atoms with Crippen LogP contribution >= 0.6 is 11.3 Å². The first-order valence-corrected chi connectivity index (χ1v) is 13.5. The lowest BCUT2D eigenvalue weighted by atomic mass is 9.94. The van der Waals surface area contributed by atoms with Crippen molar-refractivity contribution in [1.82, 2.24) is 4.98 Å². The van der Waals surface area contributed by atoms with Crippen molar-refractivity contribution in [1.29, 1.82) is 0 Å². The summed E-state index contributed by atoms with van der Waals surface area (Å²) in [6.45, 7) is 6.15. The molecule has 1 unspecified atom stereocenters. The third-order valence-corrected chi connectivity index (χ3v) is 7.36. The number of thiazole rings is 1. The number of unbranched alkanes of at least 4 members (excludes halogenated alkanes) is 1. The lowest BCUT2D eigenvalue weighted by Gasteiger charge is -2.24. The Morgan fingerprint density at radius 1 is 1.10 bits per heavy atom. The van der Waals surface area contributed by atoms with E-state index in [2.05, 4.69) is 11.9 Å². The van der Waals surface area contributed by atoms with Gasteiger partial charge in [-0.15, -0.1) is 0 Å². The summed E-state index contributed by atoms with van der Waals surface area (Å²) in [5.74, 6) is -1.62. The molecule has 0 saturated carbocycles. The highest BCUT2D eigenvalue weighted by atomic mass is 32.1. The molecule has 9 nitrogen and oxygen atoms in total. The second-order valence-electron chi connectivity index (χ2n) is 8.77. The van der Waals surface area contributed by atoms with E-state index in [0.717, 1.165) is 24.2 Å². The Hall–Kier alpha value is -4.18. The number of amides is 1. The number of Topliss-reactive ketones (excluding diaryl/α,β-unsaturated/α-hetero) is 1. The largest absolute Gasteiger partial charge is 0.507 e. The van der Waals surface area contributed by atoms with E-state index < -0.39 is 23.7 Å². The van der Waals surface area contributed by atoms with Crippen molar-refractivity contribution in [3.63, 3.8) is 0 Å². The predicted molar refractivity (Wildman–Crippen MR) is 147 cm³/mol. The topological polar surface area (TPSA) is 115 Å². The fraction of sp³-hybridized carbons (Fsp3) is 0.310. The van der Waals surface area contributed by atoms with E-state index >= 15 is 0 Å². The molecule has 0 radical (unpaired) electrons. The third-order valence-electron chi connectivity index (χ3n) is 6.22. The standard InChI is InChI=1S/C29H30N2O7S/c1-5-7-16-38-19-14-12-18(13-15-19)24(32)22-23(20-10-8-9-11-21(20)36-4)31(27(34)25(22)33)29-30-17(3)26(39-29)28(35)37-6-2/h8-15,23,32H,5-7,16H2,1-4H3/b24-22+. The van der Waals surface area contributed by atoms with Gasteiger partial charge in [-0.25, -0.2) is 9.78 Å². The average molecular weight is 551 g/mol. The molecule has 1 N–H and O–H groups in total. The van der Waals surface area contributed by atoms with Gasteiger partial charge in [-0.05, 0) is 50.6 Å². The van der Waals surface area contributed by atoms with Gasteiger partial charge >= 0.3 is 11.9 Å². The number of esters is 1. The molecule has 1 aromatic heterocycles. The number of aliphatic hydroxyl groups excluding tert-OH is 1. The zero-order valence-electron chi connectivity index (χ0n) is 22.2. The zero-order chi connectivity index (χ0) is 28.1. The van der Waals surface area contributed by atoms with Gasteiger partial charge < -0.3 is 19.3 Å². The van der Waals surface area contributed by atoms with Crippen LogP contribution in [0, 0.1) is 6.92 Å². The predicted octanol–water partition coefficient (Wildman–Crippen LogP) is 5.44. The number of carbonyl (C=O) groups excluding carboxylic acids is 3. The average Bonchev–Trinajstić information content (AvgIpc) is 3.45. The first-order valence-electron chi connectivity index (χ1n) is 12.6. The molecule has 1 fully saturated rings. The molecule has 3 aromatic rings. The number of carbonyl (C=O) groups is 3. The number of aromatic nitrogens is 1. The number of aryl methyl sites for hydroxylation is 1. The van der Waals surface area contributed by atoms with E-state index in [-0.39, 0.29) is 27.9 Å². The number of hydrogen-bond donors (Lipinski definition) is 1. The number of anilines is 1. The number of methoxy groups -OCH3 is 1. The van der Waals surface area contributed by atoms with Crippen LogP contribution in [0.3, 0.4) is 0 Å². The quantitative estimate of drug-likeness (QED) is 0.117. The highest BCUT2D eigenvalue weighted by molar-refractivity contribution is 7.17. The number of nitrogens with zero attached hydrogens (tertiary/aromatic N) is 2. The molecule has 1 amide bonds. The van der Waals surface area contributed by atoms with Crippen LogP contribution in [0.4, 0.5) is 5.13 Å². The number of para-hydroxylation sites is 1. The molecule has 4 rings (SSSR count). The second kappa shape index (κ2) is 12.1. The van der Waals surface area contributed by atoms with Crippen molar-refractivity contribution in [2.45, 2.75) is 39.7 Å². The molecule has 1 saturated heterocycles. The van der Waals surface area contributed by atoms with E-state index in [9.17, 15) is 19.5 Å². The van der Waals surface area contributed by atoms with Crippen LogP contribution in [-0.4, -0.2) is 48.1 Å². The molecule has 10 heteroatoms. The van der Waals surface area contributed by atoms with E-state index in [1.807, 2.05) is 0 Å². The molecular weight excluding hydrogens is 520 g/mol. The zero-order valence-corrected chi connectivity index (χ0v) is 23.0. The van der Waals surface area contributed by atoms with Crippen LogP contribution in [0.15, 0.2) is 54.1 Å². The molecule has 0 spiro atoms.